The van der Waals surface area contributed by atoms with Crippen LogP contribution in [0.4, 0.5) is 13.2 Å². The highest BCUT2D eigenvalue weighted by Gasteiger charge is 2.07. The van der Waals surface area contributed by atoms with Crippen LogP contribution in [0.5, 0.6) is 0 Å². The van der Waals surface area contributed by atoms with E-state index in [1.807, 2.05) is 0 Å². The van der Waals surface area contributed by atoms with Gasteiger partial charge in [0.2, 0.25) is 0 Å². The molecule has 0 saturated carbocycles. The summed E-state index contributed by atoms with van der Waals surface area (Å²) in [6.07, 6.45) is 0. The van der Waals surface area contributed by atoms with Crippen LogP contribution in [0.3, 0.4) is 0 Å². The molecule has 0 aliphatic rings. The van der Waals surface area contributed by atoms with Gasteiger partial charge in [0, 0.05) is 5.56 Å². The van der Waals surface area contributed by atoms with Gasteiger partial charge >= 0.3 is 0 Å². The first-order valence-electron chi connectivity index (χ1n) is 5.71. The van der Waals surface area contributed by atoms with E-state index in [-0.39, 0.29) is 5.56 Å². The molecule has 3 heteroatoms. The summed E-state index contributed by atoms with van der Waals surface area (Å²) in [5.41, 5.74) is 1.06. The Balaban J connectivity index is 2.42. The fraction of sp³-hybridized carbons (Fsp3) is 0.125. The highest BCUT2D eigenvalue weighted by atomic mass is 19.1. The van der Waals surface area contributed by atoms with Crippen molar-refractivity contribution in [3.8, 4) is 11.8 Å². The van der Waals surface area contributed by atoms with E-state index in [0.717, 1.165) is 0 Å². The van der Waals surface area contributed by atoms with Crippen molar-refractivity contribution in [2.24, 2.45) is 0 Å². The fourth-order valence-corrected chi connectivity index (χ4v) is 1.62. The largest absolute Gasteiger partial charge is 0.207 e. The molecule has 0 unspecified atom stereocenters. The number of hydrogen-bond acceptors (Lipinski definition) is 0. The van der Waals surface area contributed by atoms with Gasteiger partial charge in [0.15, 0.2) is 0 Å². The Bertz CT molecular complexity index is 668. The van der Waals surface area contributed by atoms with Gasteiger partial charge in [-0.15, -0.1) is 0 Å². The number of hydrogen-bond donors (Lipinski definition) is 0. The zero-order valence-corrected chi connectivity index (χ0v) is 10.5. The molecule has 2 rings (SSSR count). The molecule has 0 heterocycles. The number of rotatable bonds is 0. The van der Waals surface area contributed by atoms with Crippen LogP contribution in [-0.4, -0.2) is 0 Å². The van der Waals surface area contributed by atoms with E-state index in [9.17, 15) is 13.2 Å². The van der Waals surface area contributed by atoms with Crippen molar-refractivity contribution in [3.63, 3.8) is 0 Å². The van der Waals surface area contributed by atoms with E-state index in [4.69, 9.17) is 0 Å². The predicted octanol–water partition coefficient (Wildman–Crippen LogP) is 4.12. The Morgan fingerprint density at radius 2 is 1.42 bits per heavy atom. The highest BCUT2D eigenvalue weighted by molar-refractivity contribution is 5.45. The molecule has 0 fully saturated rings. The topological polar surface area (TPSA) is 0 Å². The molecule has 0 aliphatic carbocycles. The van der Waals surface area contributed by atoms with E-state index in [0.29, 0.717) is 16.7 Å². The van der Waals surface area contributed by atoms with Gasteiger partial charge in [-0.2, -0.15) is 0 Å². The lowest BCUT2D eigenvalue weighted by atomic mass is 10.1. The molecular weight excluding hydrogens is 249 g/mol. The minimum Gasteiger partial charge on any atom is -0.207 e. The number of aryl methyl sites for hydroxylation is 2. The van der Waals surface area contributed by atoms with Gasteiger partial charge in [0.05, 0.1) is 5.56 Å². The third kappa shape index (κ3) is 2.97. The van der Waals surface area contributed by atoms with Crippen LogP contribution in [0.2, 0.25) is 0 Å². The van der Waals surface area contributed by atoms with Gasteiger partial charge < -0.3 is 0 Å². The smallest absolute Gasteiger partial charge is 0.142 e. The van der Waals surface area contributed by atoms with Crippen LogP contribution < -0.4 is 0 Å². The van der Waals surface area contributed by atoms with Crippen molar-refractivity contribution >= 4 is 0 Å². The second kappa shape index (κ2) is 5.19. The molecule has 0 bridgehead atoms. The van der Waals surface area contributed by atoms with Crippen LogP contribution in [0, 0.1) is 43.1 Å². The SMILES string of the molecule is Cc1cc(F)c(C#Cc2ccc(C)c(F)c2)c(F)c1. The van der Waals surface area contributed by atoms with Crippen LogP contribution in [0.1, 0.15) is 22.3 Å². The van der Waals surface area contributed by atoms with Crippen LogP contribution in [0.25, 0.3) is 0 Å². The molecule has 0 spiro atoms. The normalized spacial score (nSPS) is 9.95. The Hall–Kier alpha value is -2.21. The lowest BCUT2D eigenvalue weighted by Crippen LogP contribution is -1.92. The monoisotopic (exact) mass is 260 g/mol. The first-order valence-corrected chi connectivity index (χ1v) is 5.71. The zero-order chi connectivity index (χ0) is 14.0. The maximum Gasteiger partial charge on any atom is 0.142 e. The quantitative estimate of drug-likeness (QED) is 0.625. The molecule has 0 N–H and O–H groups in total. The lowest BCUT2D eigenvalue weighted by molar-refractivity contribution is 0.575. The average Bonchev–Trinajstić information content (AvgIpc) is 2.32. The van der Waals surface area contributed by atoms with Crippen molar-refractivity contribution in [3.05, 3.63) is 70.0 Å². The first-order chi connectivity index (χ1) is 8.97. The summed E-state index contributed by atoms with van der Waals surface area (Å²) in [7, 11) is 0. The van der Waals surface area contributed by atoms with Crippen molar-refractivity contribution in [1.29, 1.82) is 0 Å². The zero-order valence-electron chi connectivity index (χ0n) is 10.5. The molecule has 0 saturated heterocycles. The van der Waals surface area contributed by atoms with E-state index in [1.54, 1.807) is 26.0 Å². The van der Waals surface area contributed by atoms with Gasteiger partial charge in [-0.25, -0.2) is 13.2 Å². The second-order valence-electron chi connectivity index (χ2n) is 4.32. The lowest BCUT2D eigenvalue weighted by Gasteiger charge is -1.99. The van der Waals surface area contributed by atoms with Gasteiger partial charge in [-0.3, -0.25) is 0 Å². The van der Waals surface area contributed by atoms with E-state index < -0.39 is 17.5 Å². The van der Waals surface area contributed by atoms with Gasteiger partial charge in [0.25, 0.3) is 0 Å². The summed E-state index contributed by atoms with van der Waals surface area (Å²) in [4.78, 5) is 0. The highest BCUT2D eigenvalue weighted by Crippen LogP contribution is 2.14. The Kier molecular flexibility index (Phi) is 3.62. The Morgan fingerprint density at radius 1 is 0.789 bits per heavy atom. The number of halogens is 3. The maximum atomic E-state index is 13.5. The molecule has 0 atom stereocenters. The third-order valence-electron chi connectivity index (χ3n) is 2.69. The molecular formula is C16H11F3. The third-order valence-corrected chi connectivity index (χ3v) is 2.69. The maximum absolute atomic E-state index is 13.5. The second-order valence-corrected chi connectivity index (χ2v) is 4.32. The minimum absolute atomic E-state index is 0.299. The van der Waals surface area contributed by atoms with Gasteiger partial charge in [-0.05, 0) is 49.2 Å². The molecule has 0 radical (unpaired) electrons. The summed E-state index contributed by atoms with van der Waals surface area (Å²) in [6, 6.07) is 6.84. The summed E-state index contributed by atoms with van der Waals surface area (Å²) in [6.45, 7) is 3.23. The summed E-state index contributed by atoms with van der Waals surface area (Å²) >= 11 is 0. The van der Waals surface area contributed by atoms with Crippen LogP contribution in [0.15, 0.2) is 30.3 Å². The molecule has 0 amide bonds. The van der Waals surface area contributed by atoms with Gasteiger partial charge in [-0.1, -0.05) is 17.9 Å². The van der Waals surface area contributed by atoms with Crippen LogP contribution in [-0.2, 0) is 0 Å². The molecule has 0 aliphatic heterocycles. The molecule has 0 nitrogen and oxygen atoms in total. The first kappa shape index (κ1) is 13.2. The van der Waals surface area contributed by atoms with E-state index in [1.165, 1.54) is 18.2 Å². The Labute approximate surface area is 109 Å². The molecule has 2 aromatic carbocycles. The molecule has 0 aromatic heterocycles. The Morgan fingerprint density at radius 3 is 2.00 bits per heavy atom. The standard InChI is InChI=1S/C16H11F3/c1-10-7-15(18)13(16(19)8-10)6-5-12-4-3-11(2)14(17)9-12/h3-4,7-9H,1-2H3. The summed E-state index contributed by atoms with van der Waals surface area (Å²) in [5, 5.41) is 0. The van der Waals surface area contributed by atoms with E-state index >= 15 is 0 Å². The number of benzene rings is 2. The van der Waals surface area contributed by atoms with Crippen molar-refractivity contribution in [1.82, 2.24) is 0 Å². The van der Waals surface area contributed by atoms with Crippen molar-refractivity contribution in [2.75, 3.05) is 0 Å². The van der Waals surface area contributed by atoms with E-state index in [2.05, 4.69) is 11.8 Å². The molecule has 96 valence electrons. The molecule has 19 heavy (non-hydrogen) atoms. The minimum atomic E-state index is -0.711. The fourth-order valence-electron chi connectivity index (χ4n) is 1.62. The summed E-state index contributed by atoms with van der Waals surface area (Å²) < 4.78 is 40.4. The molecule has 2 aromatic rings. The summed E-state index contributed by atoms with van der Waals surface area (Å²) in [5.74, 6) is 3.15. The average molecular weight is 260 g/mol. The van der Waals surface area contributed by atoms with Crippen LogP contribution >= 0.6 is 0 Å². The van der Waals surface area contributed by atoms with Gasteiger partial charge in [0.1, 0.15) is 17.5 Å². The van der Waals surface area contributed by atoms with Crippen molar-refractivity contribution in [2.45, 2.75) is 13.8 Å². The van der Waals surface area contributed by atoms with Crippen molar-refractivity contribution < 1.29 is 13.2 Å². The predicted molar refractivity (Wildman–Crippen MR) is 68.2 cm³/mol.